The maximum atomic E-state index is 14.8. The van der Waals surface area contributed by atoms with Crippen LogP contribution in [0, 0.1) is 21.8 Å². The van der Waals surface area contributed by atoms with Gasteiger partial charge < -0.3 is 19.9 Å². The van der Waals surface area contributed by atoms with Crippen LogP contribution in [0.2, 0.25) is 0 Å². The van der Waals surface area contributed by atoms with Gasteiger partial charge >= 0.3 is 11.9 Å². The number of nitrogens with one attached hydrogen (secondary N) is 1. The zero-order valence-corrected chi connectivity index (χ0v) is 23.9. The van der Waals surface area contributed by atoms with Crippen LogP contribution in [-0.2, 0) is 33.0 Å². The van der Waals surface area contributed by atoms with Crippen molar-refractivity contribution in [1.29, 1.82) is 0 Å². The van der Waals surface area contributed by atoms with E-state index in [4.69, 9.17) is 4.74 Å². The van der Waals surface area contributed by atoms with E-state index in [2.05, 4.69) is 30.8 Å². The molecule has 1 fully saturated rings. The Balaban J connectivity index is 1.85. The quantitative estimate of drug-likeness (QED) is 0.235. The number of aliphatic hydroxyl groups excluding tert-OH is 1. The molecule has 1 heterocycles. The van der Waals surface area contributed by atoms with Gasteiger partial charge in [0.15, 0.2) is 9.84 Å². The molecule has 228 valence electrons. The molecule has 0 aliphatic carbocycles. The number of alkyl halides is 3. The Bertz CT molecular complexity index is 1350. The Labute approximate surface area is 235 Å². The normalized spacial score (nSPS) is 21.8. The van der Waals surface area contributed by atoms with Crippen molar-refractivity contribution in [2.24, 2.45) is 5.92 Å². The van der Waals surface area contributed by atoms with E-state index >= 15 is 0 Å². The largest absolute Gasteiger partial charge is 0.471 e. The molecule has 1 saturated heterocycles. The highest BCUT2D eigenvalue weighted by Crippen LogP contribution is 2.36. The van der Waals surface area contributed by atoms with Gasteiger partial charge in [0.25, 0.3) is 0 Å². The summed E-state index contributed by atoms with van der Waals surface area (Å²) in [6.07, 6.45) is -9.10. The van der Waals surface area contributed by atoms with Crippen molar-refractivity contribution in [2.75, 3.05) is 25.2 Å². The van der Waals surface area contributed by atoms with E-state index in [1.807, 2.05) is 24.3 Å². The highest BCUT2D eigenvalue weighted by Gasteiger charge is 2.44. The number of halogens is 4. The Morgan fingerprint density at radius 3 is 2.41 bits per heavy atom. The van der Waals surface area contributed by atoms with Crippen LogP contribution in [0.5, 0.6) is 5.75 Å². The average molecular weight is 607 g/mol. The minimum absolute atomic E-state index is 0.0702. The molecular formula is C27H34F4N2O7S. The first-order chi connectivity index (χ1) is 18.9. The van der Waals surface area contributed by atoms with Crippen molar-refractivity contribution >= 4 is 15.5 Å². The molecule has 1 aliphatic heterocycles. The Kier molecular flexibility index (Phi) is 10.0. The minimum Gasteiger partial charge on any atom is -0.471 e. The van der Waals surface area contributed by atoms with Gasteiger partial charge in [0, 0.05) is 25.6 Å². The fourth-order valence-electron chi connectivity index (χ4n) is 4.76. The van der Waals surface area contributed by atoms with Gasteiger partial charge in [-0.25, -0.2) is 8.42 Å². The van der Waals surface area contributed by atoms with Crippen molar-refractivity contribution < 1.29 is 45.5 Å². The highest BCUT2D eigenvalue weighted by molar-refractivity contribution is 7.91. The smallest absolute Gasteiger partial charge is 0.427 e. The van der Waals surface area contributed by atoms with Crippen molar-refractivity contribution in [2.45, 2.75) is 63.6 Å². The number of rotatable bonds is 10. The van der Waals surface area contributed by atoms with Crippen LogP contribution in [0.25, 0.3) is 0 Å². The topological polar surface area (TPSA) is 128 Å². The van der Waals surface area contributed by atoms with Crippen LogP contribution in [0.3, 0.4) is 0 Å². The first-order valence-electron chi connectivity index (χ1n) is 12.8. The maximum absolute atomic E-state index is 14.8. The third-order valence-corrected chi connectivity index (χ3v) is 8.68. The van der Waals surface area contributed by atoms with Gasteiger partial charge in [-0.2, -0.15) is 17.6 Å². The number of aliphatic hydroxyl groups is 1. The Hall–Kier alpha value is -2.81. The first kappa shape index (κ1) is 32.7. The molecule has 0 unspecified atom stereocenters. The molecule has 2 aromatic carbocycles. The van der Waals surface area contributed by atoms with Crippen LogP contribution in [0.15, 0.2) is 36.4 Å². The molecule has 2 N–H and O–H groups in total. The summed E-state index contributed by atoms with van der Waals surface area (Å²) in [6, 6.07) is 8.42. The van der Waals surface area contributed by atoms with Gasteiger partial charge in [0.05, 0.1) is 29.1 Å². The SMILES string of the molecule is COC[C@@H](Oc1cc(C[C@@H]2CS(=O)(=O)C[C@H](NCc3cccc(C(C)(C)C)c3)[C@H]2O)cc(F)c1[N+](=O)[O-])C(F)(F)F. The van der Waals surface area contributed by atoms with Crippen molar-refractivity contribution in [3.63, 3.8) is 0 Å². The fraction of sp³-hybridized carbons (Fsp3) is 0.556. The molecule has 41 heavy (non-hydrogen) atoms. The van der Waals surface area contributed by atoms with Crippen LogP contribution >= 0.6 is 0 Å². The Morgan fingerprint density at radius 1 is 1.15 bits per heavy atom. The van der Waals surface area contributed by atoms with Crippen molar-refractivity contribution in [3.05, 3.63) is 69.0 Å². The lowest BCUT2D eigenvalue weighted by Gasteiger charge is -2.35. The second-order valence-corrected chi connectivity index (χ2v) is 13.4. The monoisotopic (exact) mass is 606 g/mol. The third-order valence-electron chi connectivity index (χ3n) is 6.88. The van der Waals surface area contributed by atoms with E-state index in [-0.39, 0.29) is 29.7 Å². The second kappa shape index (κ2) is 12.6. The summed E-state index contributed by atoms with van der Waals surface area (Å²) < 4.78 is 89.7. The first-order valence-corrected chi connectivity index (χ1v) is 14.6. The Morgan fingerprint density at radius 2 is 1.83 bits per heavy atom. The number of nitro benzene ring substituents is 1. The number of hydrogen-bond donors (Lipinski definition) is 2. The number of sulfone groups is 1. The maximum Gasteiger partial charge on any atom is 0.427 e. The minimum atomic E-state index is -4.98. The molecule has 0 aromatic heterocycles. The molecule has 0 radical (unpaired) electrons. The fourth-order valence-corrected chi connectivity index (χ4v) is 6.73. The zero-order valence-electron chi connectivity index (χ0n) is 23.1. The predicted molar refractivity (Wildman–Crippen MR) is 143 cm³/mol. The van der Waals surface area contributed by atoms with E-state index in [1.54, 1.807) is 0 Å². The van der Waals surface area contributed by atoms with E-state index in [9.17, 15) is 41.2 Å². The van der Waals surface area contributed by atoms with E-state index in [1.165, 1.54) is 0 Å². The van der Waals surface area contributed by atoms with Gasteiger partial charge in [-0.3, -0.25) is 10.1 Å². The van der Waals surface area contributed by atoms with Crippen molar-refractivity contribution in [1.82, 2.24) is 5.32 Å². The van der Waals surface area contributed by atoms with Crippen molar-refractivity contribution in [3.8, 4) is 5.75 Å². The lowest BCUT2D eigenvalue weighted by molar-refractivity contribution is -0.389. The predicted octanol–water partition coefficient (Wildman–Crippen LogP) is 4.09. The number of methoxy groups -OCH3 is 1. The summed E-state index contributed by atoms with van der Waals surface area (Å²) in [5.41, 5.74) is 0.468. The summed E-state index contributed by atoms with van der Waals surface area (Å²) >= 11 is 0. The van der Waals surface area contributed by atoms with Gasteiger partial charge in [-0.15, -0.1) is 0 Å². The van der Waals surface area contributed by atoms with Gasteiger partial charge in [-0.05, 0) is 40.7 Å². The zero-order chi connectivity index (χ0) is 30.8. The third kappa shape index (κ3) is 8.60. The van der Waals surface area contributed by atoms with Gasteiger partial charge in [-0.1, -0.05) is 45.0 Å². The van der Waals surface area contributed by atoms with E-state index < -0.39 is 74.7 Å². The van der Waals surface area contributed by atoms with Crippen LogP contribution in [0.1, 0.15) is 37.5 Å². The number of hydrogen-bond acceptors (Lipinski definition) is 8. The summed E-state index contributed by atoms with van der Waals surface area (Å²) in [5.74, 6) is -4.22. The molecular weight excluding hydrogens is 572 g/mol. The number of nitro groups is 1. The molecule has 0 saturated carbocycles. The van der Waals surface area contributed by atoms with E-state index in [0.29, 0.717) is 0 Å². The molecule has 0 spiro atoms. The van der Waals surface area contributed by atoms with Gasteiger partial charge in [0.1, 0.15) is 0 Å². The van der Waals surface area contributed by atoms with Gasteiger partial charge in [0.2, 0.25) is 17.7 Å². The highest BCUT2D eigenvalue weighted by atomic mass is 32.2. The molecule has 2 aromatic rings. The summed E-state index contributed by atoms with van der Waals surface area (Å²) in [6.45, 7) is 5.42. The number of nitrogens with zero attached hydrogens (tertiary/aromatic N) is 1. The summed E-state index contributed by atoms with van der Waals surface area (Å²) in [5, 5.41) is 25.6. The molecule has 1 aliphatic rings. The van der Waals surface area contributed by atoms with Crippen LogP contribution in [0.4, 0.5) is 23.2 Å². The lowest BCUT2D eigenvalue weighted by Crippen LogP contribution is -2.54. The molecule has 3 rings (SSSR count). The van der Waals surface area contributed by atoms with Crippen LogP contribution < -0.4 is 10.1 Å². The van der Waals surface area contributed by atoms with Crippen LogP contribution in [-0.4, -0.2) is 68.1 Å². The number of ether oxygens (including phenoxy) is 2. The summed E-state index contributed by atoms with van der Waals surface area (Å²) in [7, 11) is -2.70. The standard InChI is InChI=1S/C27H34F4N2O7S/c1-26(2,3)19-7-5-6-16(9-19)12-32-21-15-41(37,38)14-18(25(21)34)8-17-10-20(28)24(33(35)36)22(11-17)40-23(13-39-4)27(29,30)31/h5-7,9-11,18,21,23,25,32,34H,8,12-15H2,1-4H3/t18-,21+,23-,25+/m1/s1. The molecule has 0 bridgehead atoms. The molecule has 14 heteroatoms. The van der Waals surface area contributed by atoms with E-state index in [0.717, 1.165) is 30.4 Å². The summed E-state index contributed by atoms with van der Waals surface area (Å²) in [4.78, 5) is 10.2. The lowest BCUT2D eigenvalue weighted by atomic mass is 9.86. The second-order valence-electron chi connectivity index (χ2n) is 11.3. The number of benzene rings is 2. The molecule has 0 amide bonds. The molecule has 4 atom stereocenters. The molecule has 9 nitrogen and oxygen atoms in total. The average Bonchev–Trinajstić information content (AvgIpc) is 2.83.